The molecular weight excluding hydrogens is 456 g/mol. The van der Waals surface area contributed by atoms with Crippen molar-refractivity contribution in [3.8, 4) is 0 Å². The third kappa shape index (κ3) is 30.5. The van der Waals surface area contributed by atoms with E-state index < -0.39 is 0 Å². The molecule has 0 aromatic rings. The van der Waals surface area contributed by atoms with Gasteiger partial charge in [-0.15, -0.1) is 0 Å². The lowest BCUT2D eigenvalue weighted by Gasteiger charge is -2.04. The molecule has 0 aliphatic carbocycles. The fourth-order valence-corrected chi connectivity index (χ4v) is 4.30. The number of hydrogen-bond donors (Lipinski definition) is 0. The predicted octanol–water partition coefficient (Wildman–Crippen LogP) is 11.1. The normalized spacial score (nSPS) is 11.8. The zero-order chi connectivity index (χ0) is 27.1. The summed E-state index contributed by atoms with van der Waals surface area (Å²) in [6.45, 7) is 4.49. The van der Waals surface area contributed by atoms with Gasteiger partial charge >= 0.3 is 11.9 Å². The number of hydrogen-bond acceptors (Lipinski definition) is 3. The standard InChI is InChI=1S/C34H60O3/c1-3-5-7-9-11-13-15-17-18-20-22-24-26-28-30-32-34(36)37-33(35)31-29-27-25-23-21-19-16-14-12-10-8-6-4-2/h11,13-14,16-18H,3-10,12,15,19-32H2,1-2H3/b13-11-,16-14-,18-17-. The van der Waals surface area contributed by atoms with E-state index in [1.807, 2.05) is 0 Å². The summed E-state index contributed by atoms with van der Waals surface area (Å²) in [5.41, 5.74) is 0. The molecule has 0 atom stereocenters. The third-order valence-corrected chi connectivity index (χ3v) is 6.70. The topological polar surface area (TPSA) is 43.4 Å². The summed E-state index contributed by atoms with van der Waals surface area (Å²) in [5.74, 6) is -0.698. The van der Waals surface area contributed by atoms with Crippen LogP contribution in [0, 0.1) is 0 Å². The zero-order valence-electron chi connectivity index (χ0n) is 24.7. The number of carbonyl (C=O) groups is 2. The largest absolute Gasteiger partial charge is 0.393 e. The van der Waals surface area contributed by atoms with Crippen LogP contribution in [-0.2, 0) is 14.3 Å². The summed E-state index contributed by atoms with van der Waals surface area (Å²) in [4.78, 5) is 23.7. The van der Waals surface area contributed by atoms with Gasteiger partial charge in [0.25, 0.3) is 0 Å². The molecule has 0 rings (SSSR count). The van der Waals surface area contributed by atoms with Crippen molar-refractivity contribution in [2.75, 3.05) is 0 Å². The van der Waals surface area contributed by atoms with Crippen LogP contribution >= 0.6 is 0 Å². The van der Waals surface area contributed by atoms with Crippen LogP contribution in [0.2, 0.25) is 0 Å². The van der Waals surface area contributed by atoms with Crippen molar-refractivity contribution < 1.29 is 14.3 Å². The lowest BCUT2D eigenvalue weighted by molar-refractivity contribution is -0.159. The maximum atomic E-state index is 11.9. The van der Waals surface area contributed by atoms with Gasteiger partial charge in [0.1, 0.15) is 0 Å². The van der Waals surface area contributed by atoms with Gasteiger partial charge in [-0.05, 0) is 70.6 Å². The Balaban J connectivity index is 3.41. The van der Waals surface area contributed by atoms with Crippen molar-refractivity contribution >= 4 is 11.9 Å². The minimum atomic E-state index is -0.350. The molecule has 0 saturated heterocycles. The zero-order valence-corrected chi connectivity index (χ0v) is 24.7. The summed E-state index contributed by atoms with van der Waals surface area (Å²) >= 11 is 0. The highest BCUT2D eigenvalue weighted by atomic mass is 16.6. The summed E-state index contributed by atoms with van der Waals surface area (Å²) in [6, 6.07) is 0. The molecule has 3 nitrogen and oxygen atoms in total. The van der Waals surface area contributed by atoms with E-state index in [4.69, 9.17) is 4.74 Å². The van der Waals surface area contributed by atoms with Crippen LogP contribution < -0.4 is 0 Å². The first-order valence-electron chi connectivity index (χ1n) is 15.9. The second-order valence-corrected chi connectivity index (χ2v) is 10.5. The molecule has 37 heavy (non-hydrogen) atoms. The molecule has 0 bridgehead atoms. The van der Waals surface area contributed by atoms with Crippen molar-refractivity contribution in [2.24, 2.45) is 0 Å². The highest BCUT2D eigenvalue weighted by molar-refractivity contribution is 5.85. The Morgan fingerprint density at radius 3 is 1.22 bits per heavy atom. The first kappa shape index (κ1) is 35.4. The van der Waals surface area contributed by atoms with Gasteiger partial charge in [-0.2, -0.15) is 0 Å². The second-order valence-electron chi connectivity index (χ2n) is 10.5. The molecule has 0 aliphatic rings. The van der Waals surface area contributed by atoms with Gasteiger partial charge in [0.05, 0.1) is 0 Å². The summed E-state index contributed by atoms with van der Waals surface area (Å²) in [7, 11) is 0. The minimum Gasteiger partial charge on any atom is -0.393 e. The summed E-state index contributed by atoms with van der Waals surface area (Å²) < 4.78 is 4.97. The highest BCUT2D eigenvalue weighted by Crippen LogP contribution is 2.11. The van der Waals surface area contributed by atoms with Gasteiger partial charge in [0.2, 0.25) is 0 Å². The van der Waals surface area contributed by atoms with Gasteiger partial charge in [0, 0.05) is 12.8 Å². The molecular formula is C34H60O3. The van der Waals surface area contributed by atoms with Crippen LogP contribution in [0.4, 0.5) is 0 Å². The fraction of sp³-hybridized carbons (Fsp3) is 0.765. The maximum Gasteiger partial charge on any atom is 0.313 e. The smallest absolute Gasteiger partial charge is 0.313 e. The molecule has 0 aromatic heterocycles. The van der Waals surface area contributed by atoms with Crippen LogP contribution in [0.25, 0.3) is 0 Å². The molecule has 0 N–H and O–H groups in total. The van der Waals surface area contributed by atoms with E-state index in [9.17, 15) is 9.59 Å². The molecule has 3 heteroatoms. The predicted molar refractivity (Wildman–Crippen MR) is 161 cm³/mol. The van der Waals surface area contributed by atoms with E-state index >= 15 is 0 Å². The first-order chi connectivity index (χ1) is 18.2. The van der Waals surface area contributed by atoms with Crippen molar-refractivity contribution in [3.05, 3.63) is 36.5 Å². The lowest BCUT2D eigenvalue weighted by atomic mass is 10.1. The van der Waals surface area contributed by atoms with Crippen molar-refractivity contribution in [1.29, 1.82) is 0 Å². The van der Waals surface area contributed by atoms with Gasteiger partial charge in [-0.3, -0.25) is 9.59 Å². The van der Waals surface area contributed by atoms with Gasteiger partial charge < -0.3 is 4.74 Å². The van der Waals surface area contributed by atoms with E-state index in [1.165, 1.54) is 89.9 Å². The molecule has 214 valence electrons. The minimum absolute atomic E-state index is 0.349. The number of carbonyl (C=O) groups excluding carboxylic acids is 2. The second kappa shape index (κ2) is 30.6. The maximum absolute atomic E-state index is 11.9. The molecule has 0 unspecified atom stereocenters. The van der Waals surface area contributed by atoms with Crippen molar-refractivity contribution in [2.45, 2.75) is 168 Å². The SMILES string of the molecule is CCCCC/C=C\C/C=C\CCCCCCCC(=O)OC(=O)CCCCCCC/C=C\CCCCCC. The van der Waals surface area contributed by atoms with Crippen molar-refractivity contribution in [3.63, 3.8) is 0 Å². The van der Waals surface area contributed by atoms with E-state index in [0.29, 0.717) is 12.8 Å². The molecule has 0 amide bonds. The molecule has 0 aliphatic heterocycles. The highest BCUT2D eigenvalue weighted by Gasteiger charge is 2.09. The number of esters is 2. The van der Waals surface area contributed by atoms with Crippen LogP contribution in [0.1, 0.15) is 168 Å². The fourth-order valence-electron chi connectivity index (χ4n) is 4.30. The molecule has 0 heterocycles. The number of unbranched alkanes of at least 4 members (excludes halogenated alkanes) is 17. The molecule has 0 fully saturated rings. The Morgan fingerprint density at radius 1 is 0.432 bits per heavy atom. The monoisotopic (exact) mass is 516 g/mol. The lowest BCUT2D eigenvalue weighted by Crippen LogP contribution is -2.11. The number of ether oxygens (including phenoxy) is 1. The average molecular weight is 517 g/mol. The third-order valence-electron chi connectivity index (χ3n) is 6.70. The Hall–Kier alpha value is -1.64. The van der Waals surface area contributed by atoms with E-state index in [2.05, 4.69) is 50.3 Å². The van der Waals surface area contributed by atoms with E-state index in [1.54, 1.807) is 0 Å². The van der Waals surface area contributed by atoms with Gasteiger partial charge in [-0.1, -0.05) is 121 Å². The van der Waals surface area contributed by atoms with Crippen molar-refractivity contribution in [1.82, 2.24) is 0 Å². The Morgan fingerprint density at radius 2 is 0.757 bits per heavy atom. The van der Waals surface area contributed by atoms with Gasteiger partial charge in [-0.25, -0.2) is 0 Å². The summed E-state index contributed by atoms with van der Waals surface area (Å²) in [6.07, 6.45) is 40.4. The Kier molecular flexibility index (Phi) is 29.2. The number of allylic oxidation sites excluding steroid dienone is 6. The van der Waals surface area contributed by atoms with Crippen LogP contribution in [0.3, 0.4) is 0 Å². The first-order valence-corrected chi connectivity index (χ1v) is 15.9. The van der Waals surface area contributed by atoms with Crippen LogP contribution in [0.5, 0.6) is 0 Å². The van der Waals surface area contributed by atoms with Crippen LogP contribution in [-0.4, -0.2) is 11.9 Å². The quantitative estimate of drug-likeness (QED) is 0.0472. The van der Waals surface area contributed by atoms with E-state index in [0.717, 1.165) is 51.4 Å². The number of rotatable bonds is 27. The molecule has 0 spiro atoms. The molecule has 0 aromatic carbocycles. The van der Waals surface area contributed by atoms with Gasteiger partial charge in [0.15, 0.2) is 0 Å². The molecule has 0 saturated carbocycles. The van der Waals surface area contributed by atoms with Crippen LogP contribution in [0.15, 0.2) is 36.5 Å². The summed E-state index contributed by atoms with van der Waals surface area (Å²) in [5, 5.41) is 0. The Bertz CT molecular complexity index is 588. The average Bonchev–Trinajstić information content (AvgIpc) is 2.89. The Labute approximate surface area is 230 Å². The molecule has 0 radical (unpaired) electrons. The van der Waals surface area contributed by atoms with E-state index in [-0.39, 0.29) is 11.9 Å².